The fourth-order valence-corrected chi connectivity index (χ4v) is 3.57. The lowest BCUT2D eigenvalue weighted by atomic mass is 10.1. The van der Waals surface area contributed by atoms with E-state index in [9.17, 15) is 18.6 Å². The van der Waals surface area contributed by atoms with E-state index in [1.807, 2.05) is 11.6 Å². The van der Waals surface area contributed by atoms with E-state index < -0.39 is 34.7 Å². The van der Waals surface area contributed by atoms with Crippen molar-refractivity contribution in [2.45, 2.75) is 38.0 Å². The number of hydrogen-bond donors (Lipinski definition) is 5. The molecule has 1 fully saturated rings. The van der Waals surface area contributed by atoms with Crippen molar-refractivity contribution in [2.75, 3.05) is 11.9 Å². The second-order valence-electron chi connectivity index (χ2n) is 6.99. The van der Waals surface area contributed by atoms with Crippen LogP contribution in [-0.2, 0) is 21.5 Å². The Morgan fingerprint density at radius 3 is 2.68 bits per heavy atom. The molecule has 0 amide bonds. The first-order valence-corrected chi connectivity index (χ1v) is 10.8. The highest BCUT2D eigenvalue weighted by atomic mass is 32.2. The van der Waals surface area contributed by atoms with Gasteiger partial charge in [-0.3, -0.25) is 14.5 Å². The maximum atomic E-state index is 11.1. The van der Waals surface area contributed by atoms with Crippen molar-refractivity contribution < 1.29 is 23.4 Å². The minimum Gasteiger partial charge on any atom is -0.387 e. The standard InChI is InChI=1S/C16H21N9O5S/c1-8-2-19-9(3-18-8)4-20-14-11-15(22-6-21-14)25(7-23-11)16-13(27)12(26)10(30-16)5-24-31(17,28)29/h2-3,6-7,10,12-13,16,24,26-27H,4-5H2,1H3,(H2,17,28,29)(H,20,21,22)/t10-,12-,13-,16?/m1/s1. The number of nitrogens with one attached hydrogen (secondary N) is 2. The van der Waals surface area contributed by atoms with Crippen LogP contribution in [-0.4, -0.2) is 73.0 Å². The van der Waals surface area contributed by atoms with E-state index in [1.165, 1.54) is 17.2 Å². The largest absolute Gasteiger partial charge is 0.387 e. The number of aryl methyl sites for hydroxylation is 1. The number of aromatic nitrogens is 6. The number of hydrogen-bond acceptors (Lipinski definition) is 11. The van der Waals surface area contributed by atoms with Gasteiger partial charge >= 0.3 is 0 Å². The molecule has 0 radical (unpaired) electrons. The normalized spacial score (nSPS) is 24.0. The van der Waals surface area contributed by atoms with Crippen LogP contribution in [0.4, 0.5) is 5.82 Å². The molecule has 0 aromatic carbocycles. The van der Waals surface area contributed by atoms with Crippen LogP contribution < -0.4 is 15.2 Å². The molecule has 4 atom stereocenters. The van der Waals surface area contributed by atoms with Gasteiger partial charge in [0.1, 0.15) is 24.6 Å². The zero-order chi connectivity index (χ0) is 22.2. The van der Waals surface area contributed by atoms with E-state index >= 15 is 0 Å². The summed E-state index contributed by atoms with van der Waals surface area (Å²) >= 11 is 0. The molecular weight excluding hydrogens is 430 g/mol. The Kier molecular flexibility index (Phi) is 5.78. The fourth-order valence-electron chi connectivity index (χ4n) is 3.18. The van der Waals surface area contributed by atoms with Crippen LogP contribution in [0, 0.1) is 6.92 Å². The van der Waals surface area contributed by atoms with Crippen LogP contribution >= 0.6 is 0 Å². The van der Waals surface area contributed by atoms with Gasteiger partial charge in [0.05, 0.1) is 30.5 Å². The molecule has 3 aromatic rings. The molecule has 1 saturated heterocycles. The number of anilines is 1. The molecule has 14 nitrogen and oxygen atoms in total. The Morgan fingerprint density at radius 1 is 1.16 bits per heavy atom. The van der Waals surface area contributed by atoms with Crippen molar-refractivity contribution in [3.8, 4) is 0 Å². The van der Waals surface area contributed by atoms with Gasteiger partial charge < -0.3 is 20.3 Å². The molecule has 1 unspecified atom stereocenters. The monoisotopic (exact) mass is 451 g/mol. The van der Waals surface area contributed by atoms with Gasteiger partial charge in [-0.25, -0.2) is 20.1 Å². The average Bonchev–Trinajstić information content (AvgIpc) is 3.27. The summed E-state index contributed by atoms with van der Waals surface area (Å²) in [5.74, 6) is 0.437. The van der Waals surface area contributed by atoms with Crippen LogP contribution in [0.15, 0.2) is 25.0 Å². The quantitative estimate of drug-likeness (QED) is 0.264. The summed E-state index contributed by atoms with van der Waals surface area (Å²) in [6.45, 7) is 1.89. The number of ether oxygens (including phenoxy) is 1. The minimum atomic E-state index is -3.98. The number of imidazole rings is 1. The predicted octanol–water partition coefficient (Wildman–Crippen LogP) is -2.05. The highest BCUT2D eigenvalue weighted by Gasteiger charge is 2.44. The third-order valence-corrected chi connectivity index (χ3v) is 5.30. The summed E-state index contributed by atoms with van der Waals surface area (Å²) in [5, 5.41) is 28.7. The highest BCUT2D eigenvalue weighted by molar-refractivity contribution is 7.87. The first-order chi connectivity index (χ1) is 14.7. The summed E-state index contributed by atoms with van der Waals surface area (Å²) in [4.78, 5) is 21.1. The van der Waals surface area contributed by atoms with E-state index in [-0.39, 0.29) is 6.54 Å². The third kappa shape index (κ3) is 4.60. The SMILES string of the molecule is Cc1cnc(CNc2ncnc3c2ncn3C2O[C@H](CNS(N)(=O)=O)[C@@H](O)[C@H]2O)cn1. The molecule has 3 aromatic heterocycles. The molecule has 0 bridgehead atoms. The van der Waals surface area contributed by atoms with Gasteiger partial charge in [0, 0.05) is 12.7 Å². The molecule has 1 aliphatic heterocycles. The Balaban J connectivity index is 1.54. The minimum absolute atomic E-state index is 0.306. The second-order valence-corrected chi connectivity index (χ2v) is 8.37. The van der Waals surface area contributed by atoms with Crippen molar-refractivity contribution in [2.24, 2.45) is 5.14 Å². The molecule has 0 spiro atoms. The van der Waals surface area contributed by atoms with Gasteiger partial charge in [-0.2, -0.15) is 13.1 Å². The van der Waals surface area contributed by atoms with Gasteiger partial charge in [-0.05, 0) is 6.92 Å². The Bertz CT molecular complexity index is 1170. The molecule has 1 aliphatic rings. The number of aliphatic hydroxyl groups excluding tert-OH is 2. The lowest BCUT2D eigenvalue weighted by molar-refractivity contribution is -0.0330. The zero-order valence-electron chi connectivity index (χ0n) is 16.3. The number of nitrogens with zero attached hydrogens (tertiary/aromatic N) is 6. The third-order valence-electron chi connectivity index (χ3n) is 4.73. The summed E-state index contributed by atoms with van der Waals surface area (Å²) in [7, 11) is -3.98. The van der Waals surface area contributed by atoms with Crippen molar-refractivity contribution in [3.05, 3.63) is 36.4 Å². The maximum Gasteiger partial charge on any atom is 0.274 e. The zero-order valence-corrected chi connectivity index (χ0v) is 17.1. The highest BCUT2D eigenvalue weighted by Crippen LogP contribution is 2.32. The van der Waals surface area contributed by atoms with Crippen molar-refractivity contribution >= 4 is 27.2 Å². The molecule has 0 aliphatic carbocycles. The number of aliphatic hydroxyl groups is 2. The Hall–Kier alpha value is -2.82. The summed E-state index contributed by atoms with van der Waals surface area (Å²) in [6, 6.07) is 0. The topological polar surface area (TPSA) is 203 Å². The van der Waals surface area contributed by atoms with Gasteiger partial charge in [0.25, 0.3) is 10.2 Å². The molecule has 4 rings (SSSR count). The van der Waals surface area contributed by atoms with E-state index in [1.54, 1.807) is 12.4 Å². The fraction of sp³-hybridized carbons (Fsp3) is 0.438. The summed E-state index contributed by atoms with van der Waals surface area (Å²) in [5.41, 5.74) is 2.28. The summed E-state index contributed by atoms with van der Waals surface area (Å²) < 4.78 is 31.3. The van der Waals surface area contributed by atoms with Gasteiger partial charge in [-0.1, -0.05) is 0 Å². The molecule has 4 heterocycles. The Morgan fingerprint density at radius 2 is 1.97 bits per heavy atom. The number of rotatable bonds is 7. The first kappa shape index (κ1) is 21.4. The number of nitrogens with two attached hydrogens (primary N) is 1. The van der Waals surface area contributed by atoms with Crippen LogP contribution in [0.25, 0.3) is 11.2 Å². The van der Waals surface area contributed by atoms with E-state index in [2.05, 4.69) is 30.2 Å². The van der Waals surface area contributed by atoms with Gasteiger partial charge in [0.2, 0.25) is 0 Å². The molecule has 15 heteroatoms. The summed E-state index contributed by atoms with van der Waals surface area (Å²) in [6.07, 6.45) is 1.27. The number of fused-ring (bicyclic) bond motifs is 1. The first-order valence-electron chi connectivity index (χ1n) is 9.21. The van der Waals surface area contributed by atoms with Crippen LogP contribution in [0.2, 0.25) is 0 Å². The van der Waals surface area contributed by atoms with E-state index in [0.717, 1.165) is 5.69 Å². The van der Waals surface area contributed by atoms with E-state index in [4.69, 9.17) is 9.88 Å². The van der Waals surface area contributed by atoms with Crippen LogP contribution in [0.5, 0.6) is 0 Å². The second kappa shape index (κ2) is 8.37. The van der Waals surface area contributed by atoms with Crippen molar-refractivity contribution in [1.29, 1.82) is 0 Å². The van der Waals surface area contributed by atoms with Crippen molar-refractivity contribution in [1.82, 2.24) is 34.2 Å². The van der Waals surface area contributed by atoms with E-state index in [0.29, 0.717) is 29.2 Å². The van der Waals surface area contributed by atoms with Gasteiger partial charge in [-0.15, -0.1) is 0 Å². The Labute approximate surface area is 176 Å². The molecule has 31 heavy (non-hydrogen) atoms. The van der Waals surface area contributed by atoms with Crippen LogP contribution in [0.1, 0.15) is 17.6 Å². The molecule has 0 saturated carbocycles. The van der Waals surface area contributed by atoms with Crippen molar-refractivity contribution in [3.63, 3.8) is 0 Å². The van der Waals surface area contributed by atoms with Crippen LogP contribution in [0.3, 0.4) is 0 Å². The lowest BCUT2D eigenvalue weighted by Gasteiger charge is -2.16. The van der Waals surface area contributed by atoms with Gasteiger partial charge in [0.15, 0.2) is 23.2 Å². The molecular formula is C16H21N9O5S. The maximum absolute atomic E-state index is 11.1. The average molecular weight is 451 g/mol. The molecule has 6 N–H and O–H groups in total. The predicted molar refractivity (Wildman–Crippen MR) is 106 cm³/mol. The molecule has 166 valence electrons. The smallest absolute Gasteiger partial charge is 0.274 e. The lowest BCUT2D eigenvalue weighted by Crippen LogP contribution is -2.42.